The Kier molecular flexibility index (Phi) is 1.40. The Morgan fingerprint density at radius 2 is 1.92 bits per heavy atom. The molecule has 4 heteroatoms. The van der Waals surface area contributed by atoms with Gasteiger partial charge in [0.15, 0.2) is 0 Å². The van der Waals surface area contributed by atoms with Gasteiger partial charge in [-0.2, -0.15) is 13.2 Å². The number of halogens is 3. The summed E-state index contributed by atoms with van der Waals surface area (Å²) in [5.74, 6) is 0. The highest BCUT2D eigenvalue weighted by molar-refractivity contribution is 5.39. The van der Waals surface area contributed by atoms with Crippen LogP contribution in [0.5, 0.6) is 0 Å². The van der Waals surface area contributed by atoms with Gasteiger partial charge >= 0.3 is 6.18 Å². The molecule has 72 valence electrons. The standard InChI is InChI=1S/C9H10F3N/c1-6-3-8(9(10,11)12)4-7(5-8)13(6)2/h3-4H,5H2,1-2H3. The molecular weight excluding hydrogens is 179 g/mol. The summed E-state index contributed by atoms with van der Waals surface area (Å²) in [6.45, 7) is 1.70. The average molecular weight is 189 g/mol. The van der Waals surface area contributed by atoms with Gasteiger partial charge in [0.2, 0.25) is 0 Å². The molecule has 0 saturated heterocycles. The quantitative estimate of drug-likeness (QED) is 0.566. The zero-order valence-corrected chi connectivity index (χ0v) is 7.44. The molecule has 1 atom stereocenters. The Morgan fingerprint density at radius 1 is 1.38 bits per heavy atom. The molecule has 0 spiro atoms. The second kappa shape index (κ2) is 2.11. The van der Waals surface area contributed by atoms with Crippen molar-refractivity contribution in [1.82, 2.24) is 4.90 Å². The van der Waals surface area contributed by atoms with Crippen molar-refractivity contribution in [2.24, 2.45) is 5.41 Å². The molecule has 0 aromatic carbocycles. The molecule has 3 aliphatic rings. The first-order valence-corrected chi connectivity index (χ1v) is 4.07. The van der Waals surface area contributed by atoms with E-state index in [0.717, 1.165) is 5.70 Å². The normalized spacial score (nSPS) is 32.2. The third kappa shape index (κ3) is 0.943. The van der Waals surface area contributed by atoms with Gasteiger partial charge in [-0.25, -0.2) is 0 Å². The first-order chi connectivity index (χ1) is 5.86. The first-order valence-electron chi connectivity index (χ1n) is 4.07. The van der Waals surface area contributed by atoms with Crippen LogP contribution >= 0.6 is 0 Å². The topological polar surface area (TPSA) is 3.24 Å². The number of allylic oxidation sites excluding steroid dienone is 4. The van der Waals surface area contributed by atoms with Gasteiger partial charge < -0.3 is 4.90 Å². The lowest BCUT2D eigenvalue weighted by molar-refractivity contribution is -0.199. The summed E-state index contributed by atoms with van der Waals surface area (Å²) in [5.41, 5.74) is -0.197. The van der Waals surface area contributed by atoms with E-state index in [9.17, 15) is 13.2 Å². The Labute approximate surface area is 74.5 Å². The monoisotopic (exact) mass is 189 g/mol. The number of hydrogen-bond donors (Lipinski definition) is 0. The lowest BCUT2D eigenvalue weighted by Crippen LogP contribution is -2.47. The van der Waals surface area contributed by atoms with E-state index < -0.39 is 11.6 Å². The third-order valence-electron chi connectivity index (χ3n) is 2.85. The van der Waals surface area contributed by atoms with Crippen LogP contribution in [0.3, 0.4) is 0 Å². The molecule has 0 fully saturated rings. The summed E-state index contributed by atoms with van der Waals surface area (Å²) in [6.07, 6.45) is -1.43. The number of nitrogens with zero attached hydrogens (tertiary/aromatic N) is 1. The van der Waals surface area contributed by atoms with Crippen LogP contribution < -0.4 is 0 Å². The van der Waals surface area contributed by atoms with E-state index in [1.807, 2.05) is 0 Å². The highest BCUT2D eigenvalue weighted by Gasteiger charge is 2.59. The SMILES string of the molecule is CC1=CC2(C(F)(F)F)C=C(C2)N1C. The maximum Gasteiger partial charge on any atom is 0.401 e. The van der Waals surface area contributed by atoms with Crippen LogP contribution in [0.25, 0.3) is 0 Å². The molecule has 2 heterocycles. The van der Waals surface area contributed by atoms with Gasteiger partial charge in [-0.3, -0.25) is 0 Å². The molecule has 0 amide bonds. The minimum atomic E-state index is -4.14. The highest BCUT2D eigenvalue weighted by atomic mass is 19.4. The molecule has 0 saturated carbocycles. The van der Waals surface area contributed by atoms with Gasteiger partial charge in [0.25, 0.3) is 0 Å². The van der Waals surface area contributed by atoms with E-state index in [-0.39, 0.29) is 6.42 Å². The molecule has 13 heavy (non-hydrogen) atoms. The Morgan fingerprint density at radius 3 is 2.31 bits per heavy atom. The van der Waals surface area contributed by atoms with Crippen LogP contribution in [-0.2, 0) is 0 Å². The molecule has 2 aliphatic heterocycles. The Bertz CT molecular complexity index is 313. The van der Waals surface area contributed by atoms with Crippen LogP contribution in [0, 0.1) is 5.41 Å². The van der Waals surface area contributed by atoms with Crippen molar-refractivity contribution in [2.45, 2.75) is 19.5 Å². The van der Waals surface area contributed by atoms with Crippen molar-refractivity contribution in [3.05, 3.63) is 23.5 Å². The fourth-order valence-corrected chi connectivity index (χ4v) is 1.84. The van der Waals surface area contributed by atoms with Gasteiger partial charge in [0, 0.05) is 24.9 Å². The van der Waals surface area contributed by atoms with Gasteiger partial charge in [-0.05, 0) is 19.1 Å². The predicted molar refractivity (Wildman–Crippen MR) is 42.7 cm³/mol. The van der Waals surface area contributed by atoms with Gasteiger partial charge in [-0.1, -0.05) is 0 Å². The molecule has 1 aliphatic carbocycles. The summed E-state index contributed by atoms with van der Waals surface area (Å²) < 4.78 is 37.7. The molecular formula is C9H10F3N. The van der Waals surface area contributed by atoms with Crippen LogP contribution in [0.15, 0.2) is 23.5 Å². The van der Waals surface area contributed by atoms with Crippen molar-refractivity contribution in [3.8, 4) is 0 Å². The van der Waals surface area contributed by atoms with Crippen LogP contribution in [0.2, 0.25) is 0 Å². The zero-order chi connectivity index (χ0) is 9.85. The van der Waals surface area contributed by atoms with E-state index >= 15 is 0 Å². The molecule has 1 unspecified atom stereocenters. The van der Waals surface area contributed by atoms with Gasteiger partial charge in [-0.15, -0.1) is 0 Å². The van der Waals surface area contributed by atoms with Crippen molar-refractivity contribution >= 4 is 0 Å². The summed E-state index contributed by atoms with van der Waals surface area (Å²) in [7, 11) is 1.79. The van der Waals surface area contributed by atoms with E-state index in [4.69, 9.17) is 0 Å². The lowest BCUT2D eigenvalue weighted by Gasteiger charge is -2.47. The van der Waals surface area contributed by atoms with Crippen LogP contribution in [0.4, 0.5) is 13.2 Å². The average Bonchev–Trinajstić information content (AvgIpc) is 1.88. The summed E-state index contributed by atoms with van der Waals surface area (Å²) in [5, 5.41) is 0. The number of rotatable bonds is 0. The third-order valence-corrected chi connectivity index (χ3v) is 2.85. The maximum absolute atomic E-state index is 12.6. The van der Waals surface area contributed by atoms with Crippen LogP contribution in [-0.4, -0.2) is 18.1 Å². The Balaban J connectivity index is 2.39. The fourth-order valence-electron chi connectivity index (χ4n) is 1.84. The van der Waals surface area contributed by atoms with Gasteiger partial charge in [0.1, 0.15) is 5.41 Å². The zero-order valence-electron chi connectivity index (χ0n) is 7.44. The molecule has 2 bridgehead atoms. The van der Waals surface area contributed by atoms with Gasteiger partial charge in [0.05, 0.1) is 0 Å². The summed E-state index contributed by atoms with van der Waals surface area (Å²) in [4.78, 5) is 1.80. The van der Waals surface area contributed by atoms with Crippen molar-refractivity contribution in [1.29, 1.82) is 0 Å². The van der Waals surface area contributed by atoms with Crippen LogP contribution in [0.1, 0.15) is 13.3 Å². The molecule has 0 radical (unpaired) electrons. The predicted octanol–water partition coefficient (Wildman–Crippen LogP) is 2.67. The minimum absolute atomic E-state index is 0.102. The maximum atomic E-state index is 12.6. The molecule has 1 nitrogen and oxygen atoms in total. The van der Waals surface area contributed by atoms with Crippen molar-refractivity contribution in [3.63, 3.8) is 0 Å². The largest absolute Gasteiger partial charge is 0.401 e. The molecule has 3 rings (SSSR count). The first kappa shape index (κ1) is 8.66. The molecule has 0 aromatic heterocycles. The summed E-state index contributed by atoms with van der Waals surface area (Å²) in [6, 6.07) is 0. The minimum Gasteiger partial charge on any atom is -0.352 e. The van der Waals surface area contributed by atoms with E-state index in [0.29, 0.717) is 5.70 Å². The number of fused-ring (bicyclic) bond motifs is 1. The second-order valence-corrected chi connectivity index (χ2v) is 3.70. The fraction of sp³-hybridized carbons (Fsp3) is 0.556. The lowest BCUT2D eigenvalue weighted by atomic mass is 9.69. The van der Waals surface area contributed by atoms with E-state index in [1.165, 1.54) is 12.2 Å². The smallest absolute Gasteiger partial charge is 0.352 e. The number of alkyl halides is 3. The van der Waals surface area contributed by atoms with E-state index in [1.54, 1.807) is 18.9 Å². The number of hydrogen-bond acceptors (Lipinski definition) is 1. The molecule has 0 N–H and O–H groups in total. The second-order valence-electron chi connectivity index (χ2n) is 3.70. The summed E-state index contributed by atoms with van der Waals surface area (Å²) >= 11 is 0. The van der Waals surface area contributed by atoms with Crippen molar-refractivity contribution < 1.29 is 13.2 Å². The van der Waals surface area contributed by atoms with Crippen molar-refractivity contribution in [2.75, 3.05) is 7.05 Å². The Hall–Kier alpha value is -0.930. The highest BCUT2D eigenvalue weighted by Crippen LogP contribution is 2.56. The van der Waals surface area contributed by atoms with E-state index in [2.05, 4.69) is 0 Å². The molecule has 0 aromatic rings.